The standard InChI is InChI=1S/C27H27FN4O6/c1-12-14-4-3-13(9-37-11-30-21(33)7-29-2)22-16-8-32-20(24(16)31-19(23(14)22)6-18(12)28)5-15-17(26(32)35)10-38-27(36)25(15)34/h5-6,13,25,29,34H,3-4,7-11H2,1-2H3,(H,30,33). The first-order chi connectivity index (χ1) is 18.3. The summed E-state index contributed by atoms with van der Waals surface area (Å²) in [5.74, 6) is -1.39. The van der Waals surface area contributed by atoms with Gasteiger partial charge in [-0.05, 0) is 49.6 Å². The molecule has 10 nitrogen and oxygen atoms in total. The zero-order valence-corrected chi connectivity index (χ0v) is 21.0. The lowest BCUT2D eigenvalue weighted by Gasteiger charge is -2.29. The number of halogens is 1. The monoisotopic (exact) mass is 522 g/mol. The summed E-state index contributed by atoms with van der Waals surface area (Å²) in [6.07, 6.45) is -0.192. The van der Waals surface area contributed by atoms with Gasteiger partial charge in [-0.3, -0.25) is 9.59 Å². The van der Waals surface area contributed by atoms with Gasteiger partial charge in [0.25, 0.3) is 5.56 Å². The van der Waals surface area contributed by atoms with Crippen LogP contribution < -0.4 is 16.2 Å². The molecule has 0 fully saturated rings. The van der Waals surface area contributed by atoms with Crippen molar-refractivity contribution in [2.24, 2.45) is 0 Å². The first-order valence-electron chi connectivity index (χ1n) is 12.5. The number of likely N-dealkylation sites (N-methyl/N-ethyl adjacent to an activating group) is 1. The van der Waals surface area contributed by atoms with Crippen LogP contribution in [-0.2, 0) is 38.6 Å². The maximum Gasteiger partial charge on any atom is 0.340 e. The second-order valence-electron chi connectivity index (χ2n) is 9.95. The molecule has 0 saturated carbocycles. The number of nitrogens with zero attached hydrogens (tertiary/aromatic N) is 2. The number of aryl methyl sites for hydroxylation is 1. The van der Waals surface area contributed by atoms with Gasteiger partial charge in [0.1, 0.15) is 19.2 Å². The summed E-state index contributed by atoms with van der Waals surface area (Å²) >= 11 is 0. The van der Waals surface area contributed by atoms with E-state index >= 15 is 0 Å². The van der Waals surface area contributed by atoms with Crippen LogP contribution in [0.25, 0.3) is 22.3 Å². The fraction of sp³-hybridized carbons (Fsp3) is 0.407. The van der Waals surface area contributed by atoms with E-state index in [0.29, 0.717) is 41.9 Å². The molecule has 2 atom stereocenters. The second kappa shape index (κ2) is 9.26. The number of carbonyl (C=O) groups is 2. The Morgan fingerprint density at radius 2 is 2.11 bits per heavy atom. The van der Waals surface area contributed by atoms with Crippen LogP contribution in [0.2, 0.25) is 0 Å². The summed E-state index contributed by atoms with van der Waals surface area (Å²) in [4.78, 5) is 42.0. The maximum absolute atomic E-state index is 14.9. The number of cyclic esters (lactones) is 1. The highest BCUT2D eigenvalue weighted by Crippen LogP contribution is 2.46. The summed E-state index contributed by atoms with van der Waals surface area (Å²) in [6, 6.07) is 3.04. The molecule has 2 aromatic heterocycles. The largest absolute Gasteiger partial charge is 0.458 e. The van der Waals surface area contributed by atoms with Crippen LogP contribution >= 0.6 is 0 Å². The van der Waals surface area contributed by atoms with E-state index < -0.39 is 12.1 Å². The van der Waals surface area contributed by atoms with Crippen LogP contribution in [0.3, 0.4) is 0 Å². The van der Waals surface area contributed by atoms with E-state index in [0.717, 1.165) is 22.1 Å². The summed E-state index contributed by atoms with van der Waals surface area (Å²) in [6.45, 7) is 2.38. The maximum atomic E-state index is 14.9. The Morgan fingerprint density at radius 1 is 1.29 bits per heavy atom. The first-order valence-corrected chi connectivity index (χ1v) is 12.5. The summed E-state index contributed by atoms with van der Waals surface area (Å²) < 4.78 is 27.3. The zero-order valence-electron chi connectivity index (χ0n) is 21.0. The molecule has 1 amide bonds. The number of hydrogen-bond acceptors (Lipinski definition) is 8. The van der Waals surface area contributed by atoms with E-state index in [2.05, 4.69) is 10.6 Å². The van der Waals surface area contributed by atoms with Crippen LogP contribution in [0, 0.1) is 12.7 Å². The number of rotatable bonds is 6. The van der Waals surface area contributed by atoms with Gasteiger partial charge in [0.2, 0.25) is 5.91 Å². The lowest BCUT2D eigenvalue weighted by molar-refractivity contribution is -0.157. The molecular formula is C27H27FN4O6. The number of aliphatic hydroxyl groups excluding tert-OH is 1. The number of nitrogens with one attached hydrogen (secondary N) is 2. The number of amides is 1. The van der Waals surface area contributed by atoms with Gasteiger partial charge in [-0.1, -0.05) is 0 Å². The van der Waals surface area contributed by atoms with Gasteiger partial charge < -0.3 is 29.8 Å². The van der Waals surface area contributed by atoms with Crippen molar-refractivity contribution in [1.82, 2.24) is 20.2 Å². The number of fused-ring (bicyclic) bond motifs is 5. The third-order valence-corrected chi connectivity index (χ3v) is 7.79. The molecule has 6 rings (SSSR count). The van der Waals surface area contributed by atoms with Gasteiger partial charge in [-0.2, -0.15) is 0 Å². The molecule has 198 valence electrons. The van der Waals surface area contributed by atoms with Crippen LogP contribution in [0.15, 0.2) is 16.9 Å². The number of esters is 1. The number of ether oxygens (including phenoxy) is 2. The summed E-state index contributed by atoms with van der Waals surface area (Å²) in [7, 11) is 1.69. The highest BCUT2D eigenvalue weighted by Gasteiger charge is 2.37. The molecular weight excluding hydrogens is 495 g/mol. The van der Waals surface area contributed by atoms with Crippen LogP contribution in [0.5, 0.6) is 0 Å². The zero-order chi connectivity index (χ0) is 26.7. The summed E-state index contributed by atoms with van der Waals surface area (Å²) in [5.41, 5.74) is 4.90. The van der Waals surface area contributed by atoms with E-state index in [1.807, 2.05) is 0 Å². The molecule has 1 aromatic carbocycles. The van der Waals surface area contributed by atoms with Gasteiger partial charge in [0.15, 0.2) is 6.10 Å². The molecule has 2 unspecified atom stereocenters. The molecule has 0 spiro atoms. The Kier molecular flexibility index (Phi) is 6.01. The predicted molar refractivity (Wildman–Crippen MR) is 134 cm³/mol. The number of pyridine rings is 2. The van der Waals surface area contributed by atoms with E-state index in [1.165, 1.54) is 6.07 Å². The predicted octanol–water partition coefficient (Wildman–Crippen LogP) is 1.30. The molecule has 0 saturated heterocycles. The van der Waals surface area contributed by atoms with Crippen molar-refractivity contribution in [1.29, 1.82) is 0 Å². The Hall–Kier alpha value is -3.67. The van der Waals surface area contributed by atoms with Gasteiger partial charge in [-0.15, -0.1) is 0 Å². The van der Waals surface area contributed by atoms with Crippen molar-refractivity contribution in [3.63, 3.8) is 0 Å². The number of hydrogen-bond donors (Lipinski definition) is 3. The van der Waals surface area contributed by atoms with Crippen LogP contribution in [0.4, 0.5) is 4.39 Å². The van der Waals surface area contributed by atoms with Crippen molar-refractivity contribution >= 4 is 22.8 Å². The molecule has 1 aliphatic carbocycles. The Bertz CT molecular complexity index is 1580. The normalized spacial score (nSPS) is 19.1. The fourth-order valence-corrected chi connectivity index (χ4v) is 5.92. The Morgan fingerprint density at radius 3 is 2.89 bits per heavy atom. The minimum atomic E-state index is -1.55. The highest BCUT2D eigenvalue weighted by molar-refractivity contribution is 5.93. The van der Waals surface area contributed by atoms with E-state index in [9.17, 15) is 23.9 Å². The average molecular weight is 523 g/mol. The van der Waals surface area contributed by atoms with Crippen molar-refractivity contribution in [3.8, 4) is 11.4 Å². The second-order valence-corrected chi connectivity index (χ2v) is 9.95. The van der Waals surface area contributed by atoms with Gasteiger partial charge in [0, 0.05) is 28.5 Å². The highest BCUT2D eigenvalue weighted by atomic mass is 19.1. The topological polar surface area (TPSA) is 132 Å². The van der Waals surface area contributed by atoms with Crippen molar-refractivity contribution in [2.45, 2.75) is 44.9 Å². The molecule has 3 N–H and O–H groups in total. The average Bonchev–Trinajstić information content (AvgIpc) is 3.27. The van der Waals surface area contributed by atoms with Crippen molar-refractivity contribution < 1.29 is 28.6 Å². The minimum absolute atomic E-state index is 0.0566. The molecule has 0 bridgehead atoms. The third kappa shape index (κ3) is 3.72. The van der Waals surface area contributed by atoms with Gasteiger partial charge >= 0.3 is 5.97 Å². The molecule has 3 aliphatic rings. The van der Waals surface area contributed by atoms with E-state index in [4.69, 9.17) is 14.5 Å². The molecule has 0 radical (unpaired) electrons. The lowest BCUT2D eigenvalue weighted by Crippen LogP contribution is -2.34. The summed E-state index contributed by atoms with van der Waals surface area (Å²) in [5, 5.41) is 16.8. The van der Waals surface area contributed by atoms with Crippen molar-refractivity contribution in [2.75, 3.05) is 26.9 Å². The van der Waals surface area contributed by atoms with Gasteiger partial charge in [-0.25, -0.2) is 14.2 Å². The van der Waals surface area contributed by atoms with Crippen molar-refractivity contribution in [3.05, 3.63) is 61.7 Å². The smallest absolute Gasteiger partial charge is 0.340 e. The Balaban J connectivity index is 1.47. The van der Waals surface area contributed by atoms with E-state index in [-0.39, 0.29) is 60.8 Å². The van der Waals surface area contributed by atoms with E-state index in [1.54, 1.807) is 24.6 Å². The quantitative estimate of drug-likeness (QED) is 0.196. The third-order valence-electron chi connectivity index (χ3n) is 7.79. The number of aliphatic hydroxyl groups is 1. The Labute approximate surface area is 216 Å². The SMILES string of the molecule is CNCC(=O)NCOCC1CCc2c(C)c(F)cc3nc4c(c1c23)Cn1c-4cc2c(c1=O)COC(=O)C2O. The molecule has 4 heterocycles. The number of aromatic nitrogens is 2. The molecule has 11 heteroatoms. The van der Waals surface area contributed by atoms with Crippen LogP contribution in [0.1, 0.15) is 51.8 Å². The van der Waals surface area contributed by atoms with Gasteiger partial charge in [0.05, 0.1) is 42.2 Å². The number of benzene rings is 1. The lowest BCUT2D eigenvalue weighted by atomic mass is 9.78. The molecule has 2 aliphatic heterocycles. The number of carbonyl (C=O) groups excluding carboxylic acids is 2. The first kappa shape index (κ1) is 24.7. The van der Waals surface area contributed by atoms with Crippen LogP contribution in [-0.4, -0.2) is 53.5 Å². The fourth-order valence-electron chi connectivity index (χ4n) is 5.92. The molecule has 3 aromatic rings. The minimum Gasteiger partial charge on any atom is -0.458 e. The molecule has 38 heavy (non-hydrogen) atoms.